The van der Waals surface area contributed by atoms with Crippen LogP contribution in [0.3, 0.4) is 0 Å². The van der Waals surface area contributed by atoms with E-state index in [1.807, 2.05) is 82.6 Å². The number of pyridine rings is 1. The maximum atomic E-state index is 13.8. The van der Waals surface area contributed by atoms with E-state index in [4.69, 9.17) is 9.72 Å². The third kappa shape index (κ3) is 6.40. The molecule has 0 N–H and O–H groups in total. The Kier molecular flexibility index (Phi) is 8.79. The number of methoxy groups -OCH3 is 1. The Balaban J connectivity index is 1.07. The summed E-state index contributed by atoms with van der Waals surface area (Å²) in [6, 6.07) is 30.8. The van der Waals surface area contributed by atoms with Crippen molar-refractivity contribution < 1.29 is 19.1 Å². The van der Waals surface area contributed by atoms with E-state index in [1.165, 1.54) is 7.11 Å². The van der Waals surface area contributed by atoms with Gasteiger partial charge in [0.05, 0.1) is 24.1 Å². The molecule has 2 aliphatic rings. The highest BCUT2D eigenvalue weighted by molar-refractivity contribution is 5.97. The van der Waals surface area contributed by atoms with Gasteiger partial charge in [-0.2, -0.15) is 0 Å². The summed E-state index contributed by atoms with van der Waals surface area (Å²) in [5, 5.41) is 0. The smallest absolute Gasteiger partial charge is 0.337 e. The van der Waals surface area contributed by atoms with Gasteiger partial charge in [-0.3, -0.25) is 14.5 Å². The standard InChI is InChI=1S/C36H36N4O4/c1-44-36(43)29-14-12-28(13-15-29)34(41)39-18-16-31(17-19-39)38-20-22-40(23-21-38)35(42)30-24-32(26-8-4-2-5-9-26)37-33(25-30)27-10-6-3-7-11-27/h2-15,24-25,31H,16-23H2,1H3. The second kappa shape index (κ2) is 13.2. The van der Waals surface area contributed by atoms with Crippen LogP contribution in [0.4, 0.5) is 0 Å². The molecule has 4 aromatic rings. The molecule has 3 aromatic carbocycles. The van der Waals surface area contributed by atoms with E-state index in [9.17, 15) is 14.4 Å². The Morgan fingerprint density at radius 1 is 0.614 bits per heavy atom. The van der Waals surface area contributed by atoms with Crippen molar-refractivity contribution in [1.82, 2.24) is 19.7 Å². The summed E-state index contributed by atoms with van der Waals surface area (Å²) >= 11 is 0. The normalized spacial score (nSPS) is 16.0. The number of hydrogen-bond acceptors (Lipinski definition) is 6. The third-order valence-electron chi connectivity index (χ3n) is 8.63. The van der Waals surface area contributed by atoms with Crippen LogP contribution < -0.4 is 0 Å². The quantitative estimate of drug-likeness (QED) is 0.286. The second-order valence-electron chi connectivity index (χ2n) is 11.3. The van der Waals surface area contributed by atoms with Crippen LogP contribution in [0.2, 0.25) is 0 Å². The molecule has 0 atom stereocenters. The van der Waals surface area contributed by atoms with Crippen LogP contribution in [0.25, 0.3) is 22.5 Å². The minimum Gasteiger partial charge on any atom is -0.465 e. The maximum absolute atomic E-state index is 13.8. The summed E-state index contributed by atoms with van der Waals surface area (Å²) in [4.78, 5) is 49.8. The van der Waals surface area contributed by atoms with Crippen LogP contribution in [0.1, 0.15) is 43.9 Å². The molecule has 8 heteroatoms. The SMILES string of the molecule is COC(=O)c1ccc(C(=O)N2CCC(N3CCN(C(=O)c4cc(-c5ccccc5)nc(-c5ccccc5)c4)CC3)CC2)cc1. The van der Waals surface area contributed by atoms with Crippen molar-refractivity contribution in [3.8, 4) is 22.5 Å². The topological polar surface area (TPSA) is 83.1 Å². The molecule has 44 heavy (non-hydrogen) atoms. The molecule has 0 unspecified atom stereocenters. The largest absolute Gasteiger partial charge is 0.465 e. The van der Waals surface area contributed by atoms with Gasteiger partial charge in [-0.1, -0.05) is 60.7 Å². The highest BCUT2D eigenvalue weighted by atomic mass is 16.5. The Morgan fingerprint density at radius 2 is 1.09 bits per heavy atom. The summed E-state index contributed by atoms with van der Waals surface area (Å²) in [6.07, 6.45) is 1.79. The van der Waals surface area contributed by atoms with Crippen molar-refractivity contribution in [2.75, 3.05) is 46.4 Å². The zero-order valence-corrected chi connectivity index (χ0v) is 24.9. The van der Waals surface area contributed by atoms with Crippen LogP contribution in [-0.4, -0.2) is 89.9 Å². The molecule has 0 radical (unpaired) electrons. The van der Waals surface area contributed by atoms with Crippen LogP contribution in [-0.2, 0) is 4.74 Å². The average molecular weight is 589 g/mol. The predicted molar refractivity (Wildman–Crippen MR) is 169 cm³/mol. The highest BCUT2D eigenvalue weighted by Crippen LogP contribution is 2.26. The Morgan fingerprint density at radius 3 is 1.61 bits per heavy atom. The minimum atomic E-state index is -0.416. The number of benzene rings is 3. The van der Waals surface area contributed by atoms with Crippen LogP contribution in [0.15, 0.2) is 97.1 Å². The number of hydrogen-bond donors (Lipinski definition) is 0. The molecule has 0 spiro atoms. The molecular formula is C36H36N4O4. The summed E-state index contributed by atoms with van der Waals surface area (Å²) in [7, 11) is 1.34. The van der Waals surface area contributed by atoms with Gasteiger partial charge in [0.15, 0.2) is 0 Å². The van der Waals surface area contributed by atoms with Gasteiger partial charge in [-0.05, 0) is 49.2 Å². The number of esters is 1. The first-order chi connectivity index (χ1) is 21.5. The van der Waals surface area contributed by atoms with E-state index in [0.717, 1.165) is 48.4 Å². The fraction of sp³-hybridized carbons (Fsp3) is 0.278. The van der Waals surface area contributed by atoms with Crippen molar-refractivity contribution in [3.63, 3.8) is 0 Å². The van der Waals surface area contributed by atoms with Crippen molar-refractivity contribution in [1.29, 1.82) is 0 Å². The molecular weight excluding hydrogens is 552 g/mol. The van der Waals surface area contributed by atoms with E-state index in [2.05, 4.69) is 4.90 Å². The highest BCUT2D eigenvalue weighted by Gasteiger charge is 2.31. The maximum Gasteiger partial charge on any atom is 0.337 e. The molecule has 1 aromatic heterocycles. The Labute approximate surface area is 257 Å². The molecule has 2 fully saturated rings. The number of ether oxygens (including phenoxy) is 1. The van der Waals surface area contributed by atoms with Crippen molar-refractivity contribution in [2.24, 2.45) is 0 Å². The Bertz CT molecular complexity index is 1550. The van der Waals surface area contributed by atoms with Crippen LogP contribution in [0.5, 0.6) is 0 Å². The number of piperidine rings is 1. The van der Waals surface area contributed by atoms with Gasteiger partial charge in [0.2, 0.25) is 0 Å². The molecule has 0 aliphatic carbocycles. The van der Waals surface area contributed by atoms with Gasteiger partial charge in [0, 0.05) is 67.6 Å². The molecule has 0 bridgehead atoms. The molecule has 3 heterocycles. The van der Waals surface area contributed by atoms with Crippen molar-refractivity contribution in [2.45, 2.75) is 18.9 Å². The number of aromatic nitrogens is 1. The van der Waals surface area contributed by atoms with Gasteiger partial charge in [-0.25, -0.2) is 9.78 Å². The van der Waals surface area contributed by atoms with Crippen molar-refractivity contribution in [3.05, 3.63) is 114 Å². The van der Waals surface area contributed by atoms with Gasteiger partial charge >= 0.3 is 5.97 Å². The molecule has 2 saturated heterocycles. The monoisotopic (exact) mass is 588 g/mol. The van der Waals surface area contributed by atoms with E-state index in [0.29, 0.717) is 48.9 Å². The molecule has 224 valence electrons. The third-order valence-corrected chi connectivity index (χ3v) is 8.63. The van der Waals surface area contributed by atoms with E-state index < -0.39 is 5.97 Å². The first kappa shape index (κ1) is 29.3. The first-order valence-electron chi connectivity index (χ1n) is 15.1. The molecule has 0 saturated carbocycles. The Hall–Kier alpha value is -4.82. The number of likely N-dealkylation sites (tertiary alicyclic amines) is 1. The van der Waals surface area contributed by atoms with Gasteiger partial charge in [-0.15, -0.1) is 0 Å². The molecule has 2 amide bonds. The molecule has 2 aliphatic heterocycles. The molecule has 8 nitrogen and oxygen atoms in total. The van der Waals surface area contributed by atoms with Gasteiger partial charge < -0.3 is 14.5 Å². The number of carbonyl (C=O) groups excluding carboxylic acids is 3. The summed E-state index contributed by atoms with van der Waals surface area (Å²) in [5.74, 6) is -0.404. The zero-order chi connectivity index (χ0) is 30.5. The lowest BCUT2D eigenvalue weighted by Gasteiger charge is -2.42. The summed E-state index contributed by atoms with van der Waals surface area (Å²) in [6.45, 7) is 4.30. The predicted octanol–water partition coefficient (Wildman–Crippen LogP) is 5.26. The number of carbonyl (C=O) groups is 3. The van der Waals surface area contributed by atoms with Crippen LogP contribution >= 0.6 is 0 Å². The van der Waals surface area contributed by atoms with Gasteiger partial charge in [0.25, 0.3) is 11.8 Å². The fourth-order valence-corrected chi connectivity index (χ4v) is 6.12. The minimum absolute atomic E-state index is 0.0163. The van der Waals surface area contributed by atoms with Crippen molar-refractivity contribution >= 4 is 17.8 Å². The number of amides is 2. The van der Waals surface area contributed by atoms with Gasteiger partial charge in [0.1, 0.15) is 0 Å². The van der Waals surface area contributed by atoms with E-state index in [-0.39, 0.29) is 11.8 Å². The van der Waals surface area contributed by atoms with E-state index in [1.54, 1.807) is 24.3 Å². The fourth-order valence-electron chi connectivity index (χ4n) is 6.12. The number of nitrogens with zero attached hydrogens (tertiary/aromatic N) is 4. The number of piperazine rings is 1. The lowest BCUT2D eigenvalue weighted by molar-refractivity contribution is 0.0412. The number of rotatable bonds is 6. The summed E-state index contributed by atoms with van der Waals surface area (Å²) < 4.78 is 4.74. The average Bonchev–Trinajstić information content (AvgIpc) is 3.11. The summed E-state index contributed by atoms with van der Waals surface area (Å²) in [5.41, 5.74) is 5.18. The zero-order valence-electron chi connectivity index (χ0n) is 24.9. The second-order valence-corrected chi connectivity index (χ2v) is 11.3. The first-order valence-corrected chi connectivity index (χ1v) is 15.1. The van der Waals surface area contributed by atoms with Crippen LogP contribution in [0, 0.1) is 0 Å². The lowest BCUT2D eigenvalue weighted by atomic mass is 10.0. The molecule has 6 rings (SSSR count). The van der Waals surface area contributed by atoms with E-state index >= 15 is 0 Å². The lowest BCUT2D eigenvalue weighted by Crippen LogP contribution is -2.54.